The Bertz CT molecular complexity index is 598. The van der Waals surface area contributed by atoms with Gasteiger partial charge in [-0.2, -0.15) is 0 Å². The summed E-state index contributed by atoms with van der Waals surface area (Å²) in [6.07, 6.45) is 1.67. The second kappa shape index (κ2) is 6.37. The SMILES string of the molecule is Cc1ccc(C(=O)N2CCC(O)(CN3CCC(F)(F)CC3)C2)cn1. The topological polar surface area (TPSA) is 56.7 Å². The molecule has 0 bridgehead atoms. The lowest BCUT2D eigenvalue weighted by Gasteiger charge is -2.36. The zero-order valence-corrected chi connectivity index (χ0v) is 13.8. The maximum absolute atomic E-state index is 13.2. The average molecular weight is 339 g/mol. The van der Waals surface area contributed by atoms with E-state index in [-0.39, 0.29) is 38.4 Å². The van der Waals surface area contributed by atoms with Gasteiger partial charge in [0.05, 0.1) is 17.7 Å². The summed E-state index contributed by atoms with van der Waals surface area (Å²) in [6.45, 7) is 3.44. The van der Waals surface area contributed by atoms with Crippen LogP contribution in [0.2, 0.25) is 0 Å². The van der Waals surface area contributed by atoms with E-state index >= 15 is 0 Å². The van der Waals surface area contributed by atoms with Crippen molar-refractivity contribution >= 4 is 5.91 Å². The lowest BCUT2D eigenvalue weighted by atomic mass is 10.00. The molecule has 1 aromatic rings. The highest BCUT2D eigenvalue weighted by atomic mass is 19.3. The van der Waals surface area contributed by atoms with Crippen molar-refractivity contribution in [3.63, 3.8) is 0 Å². The monoisotopic (exact) mass is 339 g/mol. The number of alkyl halides is 2. The van der Waals surface area contributed by atoms with Crippen LogP contribution in [0.5, 0.6) is 0 Å². The number of piperidine rings is 1. The van der Waals surface area contributed by atoms with Crippen LogP contribution in [-0.2, 0) is 0 Å². The van der Waals surface area contributed by atoms with Gasteiger partial charge in [-0.05, 0) is 25.5 Å². The van der Waals surface area contributed by atoms with E-state index in [2.05, 4.69) is 4.98 Å². The molecular weight excluding hydrogens is 316 g/mol. The number of aryl methyl sites for hydroxylation is 1. The molecule has 1 amide bonds. The maximum atomic E-state index is 13.2. The summed E-state index contributed by atoms with van der Waals surface area (Å²) in [4.78, 5) is 20.1. The second-order valence-electron chi connectivity index (χ2n) is 7.02. The molecule has 0 radical (unpaired) electrons. The molecule has 2 aliphatic rings. The number of aliphatic hydroxyl groups is 1. The normalized spacial score (nSPS) is 27.4. The van der Waals surface area contributed by atoms with Gasteiger partial charge in [-0.1, -0.05) is 0 Å². The van der Waals surface area contributed by atoms with Crippen LogP contribution in [0.4, 0.5) is 8.78 Å². The van der Waals surface area contributed by atoms with Gasteiger partial charge < -0.3 is 10.0 Å². The quantitative estimate of drug-likeness (QED) is 0.911. The summed E-state index contributed by atoms with van der Waals surface area (Å²) in [5, 5.41) is 10.7. The van der Waals surface area contributed by atoms with Crippen LogP contribution in [-0.4, -0.2) is 70.0 Å². The molecule has 1 N–H and O–H groups in total. The number of rotatable bonds is 3. The Balaban J connectivity index is 1.57. The number of pyridine rings is 1. The van der Waals surface area contributed by atoms with Crippen molar-refractivity contribution in [1.29, 1.82) is 0 Å². The van der Waals surface area contributed by atoms with E-state index < -0.39 is 11.5 Å². The maximum Gasteiger partial charge on any atom is 0.255 e. The Morgan fingerprint density at radius 1 is 1.25 bits per heavy atom. The first kappa shape index (κ1) is 17.2. The van der Waals surface area contributed by atoms with E-state index in [9.17, 15) is 18.7 Å². The van der Waals surface area contributed by atoms with Crippen molar-refractivity contribution in [2.75, 3.05) is 32.7 Å². The number of likely N-dealkylation sites (tertiary alicyclic amines) is 2. The first-order valence-corrected chi connectivity index (χ1v) is 8.31. The molecule has 0 spiro atoms. The van der Waals surface area contributed by atoms with E-state index in [0.29, 0.717) is 25.1 Å². The molecule has 3 heterocycles. The molecule has 2 saturated heterocycles. The summed E-state index contributed by atoms with van der Waals surface area (Å²) in [5.41, 5.74) is 0.314. The molecule has 3 rings (SSSR count). The van der Waals surface area contributed by atoms with Gasteiger partial charge in [0, 0.05) is 50.9 Å². The standard InChI is InChI=1S/C17H23F2N3O2/c1-13-2-3-14(10-20-13)15(23)22-9-4-16(24,12-22)11-21-7-5-17(18,19)6-8-21/h2-3,10,24H,4-9,11-12H2,1H3. The first-order valence-electron chi connectivity index (χ1n) is 8.31. The third-order valence-corrected chi connectivity index (χ3v) is 4.88. The summed E-state index contributed by atoms with van der Waals surface area (Å²) in [5.74, 6) is -2.74. The van der Waals surface area contributed by atoms with Gasteiger partial charge in [0.25, 0.3) is 11.8 Å². The third kappa shape index (κ3) is 3.89. The van der Waals surface area contributed by atoms with Crippen molar-refractivity contribution < 1.29 is 18.7 Å². The molecular formula is C17H23F2N3O2. The second-order valence-corrected chi connectivity index (χ2v) is 7.02. The summed E-state index contributed by atoms with van der Waals surface area (Å²) >= 11 is 0. The molecule has 2 aliphatic heterocycles. The summed E-state index contributed by atoms with van der Waals surface area (Å²) in [6, 6.07) is 3.51. The fourth-order valence-corrected chi connectivity index (χ4v) is 3.39. The lowest BCUT2D eigenvalue weighted by Crippen LogP contribution is -2.49. The van der Waals surface area contributed by atoms with Gasteiger partial charge >= 0.3 is 0 Å². The molecule has 0 saturated carbocycles. The van der Waals surface area contributed by atoms with E-state index in [4.69, 9.17) is 0 Å². The van der Waals surface area contributed by atoms with Crippen molar-refractivity contribution in [3.8, 4) is 0 Å². The van der Waals surface area contributed by atoms with Crippen LogP contribution in [0.3, 0.4) is 0 Å². The van der Waals surface area contributed by atoms with Gasteiger partial charge in [-0.25, -0.2) is 8.78 Å². The van der Waals surface area contributed by atoms with Crippen LogP contribution in [0.15, 0.2) is 18.3 Å². The third-order valence-electron chi connectivity index (χ3n) is 4.88. The lowest BCUT2D eigenvalue weighted by molar-refractivity contribution is -0.0720. The number of carbonyl (C=O) groups is 1. The molecule has 2 fully saturated rings. The number of aromatic nitrogens is 1. The van der Waals surface area contributed by atoms with Gasteiger partial charge in [0.1, 0.15) is 0 Å². The Hall–Kier alpha value is -1.60. The number of hydrogen-bond donors (Lipinski definition) is 1. The Morgan fingerprint density at radius 3 is 2.58 bits per heavy atom. The molecule has 5 nitrogen and oxygen atoms in total. The predicted molar refractivity (Wildman–Crippen MR) is 85.1 cm³/mol. The minimum absolute atomic E-state index is 0.149. The minimum atomic E-state index is -2.59. The average Bonchev–Trinajstić information content (AvgIpc) is 2.92. The fraction of sp³-hybridized carbons (Fsp3) is 0.647. The molecule has 1 aromatic heterocycles. The smallest absolute Gasteiger partial charge is 0.255 e. The van der Waals surface area contributed by atoms with E-state index in [1.807, 2.05) is 11.8 Å². The highest BCUT2D eigenvalue weighted by molar-refractivity contribution is 5.94. The highest BCUT2D eigenvalue weighted by Crippen LogP contribution is 2.30. The van der Waals surface area contributed by atoms with Crippen LogP contribution >= 0.6 is 0 Å². The first-order chi connectivity index (χ1) is 11.3. The fourth-order valence-electron chi connectivity index (χ4n) is 3.39. The van der Waals surface area contributed by atoms with E-state index in [1.54, 1.807) is 23.2 Å². The molecule has 7 heteroatoms. The van der Waals surface area contributed by atoms with Crippen LogP contribution in [0, 0.1) is 6.92 Å². The molecule has 1 unspecified atom stereocenters. The summed E-state index contributed by atoms with van der Waals surface area (Å²) in [7, 11) is 0. The van der Waals surface area contributed by atoms with Crippen molar-refractivity contribution in [1.82, 2.24) is 14.8 Å². The number of carbonyl (C=O) groups excluding carboxylic acids is 1. The Kier molecular flexibility index (Phi) is 4.57. The van der Waals surface area contributed by atoms with Crippen LogP contribution in [0.25, 0.3) is 0 Å². The number of amides is 1. The largest absolute Gasteiger partial charge is 0.387 e. The van der Waals surface area contributed by atoms with Crippen LogP contribution in [0.1, 0.15) is 35.3 Å². The molecule has 0 aliphatic carbocycles. The van der Waals surface area contributed by atoms with Crippen molar-refractivity contribution in [2.45, 2.75) is 37.7 Å². The van der Waals surface area contributed by atoms with E-state index in [0.717, 1.165) is 5.69 Å². The number of halogens is 2. The molecule has 1 atom stereocenters. The number of β-amino-alcohol motifs (C(OH)–C–C–N with tert-alkyl or cyclic N) is 1. The predicted octanol–water partition coefficient (Wildman–Crippen LogP) is 1.70. The van der Waals surface area contributed by atoms with Crippen molar-refractivity contribution in [3.05, 3.63) is 29.6 Å². The zero-order valence-electron chi connectivity index (χ0n) is 13.8. The Labute approximate surface area is 140 Å². The van der Waals surface area contributed by atoms with Gasteiger partial charge in [-0.3, -0.25) is 14.7 Å². The highest BCUT2D eigenvalue weighted by Gasteiger charge is 2.42. The minimum Gasteiger partial charge on any atom is -0.387 e. The van der Waals surface area contributed by atoms with E-state index in [1.165, 1.54) is 0 Å². The van der Waals surface area contributed by atoms with Crippen LogP contribution < -0.4 is 0 Å². The number of nitrogens with zero attached hydrogens (tertiary/aromatic N) is 3. The molecule has 132 valence electrons. The Morgan fingerprint density at radius 2 is 1.96 bits per heavy atom. The van der Waals surface area contributed by atoms with Gasteiger partial charge in [0.2, 0.25) is 0 Å². The number of hydrogen-bond acceptors (Lipinski definition) is 4. The summed E-state index contributed by atoms with van der Waals surface area (Å²) < 4.78 is 26.4. The molecule has 0 aromatic carbocycles. The zero-order chi connectivity index (χ0) is 17.4. The van der Waals surface area contributed by atoms with Gasteiger partial charge in [-0.15, -0.1) is 0 Å². The molecule has 24 heavy (non-hydrogen) atoms. The van der Waals surface area contributed by atoms with Crippen molar-refractivity contribution in [2.24, 2.45) is 0 Å². The van der Waals surface area contributed by atoms with Gasteiger partial charge in [0.15, 0.2) is 0 Å².